The molecule has 1 rings (SSSR count). The van der Waals surface area contributed by atoms with Gasteiger partial charge in [-0.25, -0.2) is 4.79 Å². The van der Waals surface area contributed by atoms with Crippen LogP contribution in [0.25, 0.3) is 0 Å². The third kappa shape index (κ3) is 3.21. The maximum absolute atomic E-state index is 12.1. The van der Waals surface area contributed by atoms with Crippen molar-refractivity contribution in [1.82, 2.24) is 5.32 Å². The van der Waals surface area contributed by atoms with Gasteiger partial charge in [-0.2, -0.15) is 0 Å². The number of imide groups is 1. The van der Waals surface area contributed by atoms with Gasteiger partial charge < -0.3 is 11.5 Å². The summed E-state index contributed by atoms with van der Waals surface area (Å²) in [6.07, 6.45) is 0. The number of primary amides is 1. The van der Waals surface area contributed by atoms with Crippen LogP contribution in [0.3, 0.4) is 0 Å². The Morgan fingerprint density at radius 2 is 2.06 bits per heavy atom. The highest BCUT2D eigenvalue weighted by molar-refractivity contribution is 7.86. The van der Waals surface area contributed by atoms with Crippen LogP contribution in [0.4, 0.5) is 10.5 Å². The van der Waals surface area contributed by atoms with E-state index in [0.717, 1.165) is 0 Å². The van der Waals surface area contributed by atoms with Crippen LogP contribution in [0.2, 0.25) is 5.02 Å². The Balaban J connectivity index is 3.00. The number of hydrogen-bond acceptors (Lipinski definition) is 4. The number of benzene rings is 1. The molecule has 0 spiro atoms. The van der Waals surface area contributed by atoms with Gasteiger partial charge in [0.05, 0.1) is 20.7 Å². The molecular formula is C10H12ClN3O3S. The second kappa shape index (κ2) is 5.83. The fourth-order valence-corrected chi connectivity index (χ4v) is 2.81. The van der Waals surface area contributed by atoms with Crippen LogP contribution in [0.5, 0.6) is 0 Å². The Morgan fingerprint density at radius 1 is 1.44 bits per heavy atom. The summed E-state index contributed by atoms with van der Waals surface area (Å²) >= 11 is 5.88. The van der Waals surface area contributed by atoms with E-state index < -0.39 is 28.0 Å². The molecule has 0 radical (unpaired) electrons. The van der Waals surface area contributed by atoms with Crippen molar-refractivity contribution in [2.24, 2.45) is 5.73 Å². The van der Waals surface area contributed by atoms with E-state index >= 15 is 0 Å². The minimum atomic E-state index is -1.77. The summed E-state index contributed by atoms with van der Waals surface area (Å²) in [5.74, 6) is -0.750. The summed E-state index contributed by atoms with van der Waals surface area (Å²) in [5.41, 5.74) is 10.7. The van der Waals surface area contributed by atoms with Crippen molar-refractivity contribution in [3.63, 3.8) is 0 Å². The Hall–Kier alpha value is -1.60. The maximum atomic E-state index is 12.1. The van der Waals surface area contributed by atoms with E-state index in [0.29, 0.717) is 0 Å². The lowest BCUT2D eigenvalue weighted by atomic mass is 10.3. The van der Waals surface area contributed by atoms with Crippen LogP contribution >= 0.6 is 11.6 Å². The molecule has 0 heterocycles. The van der Waals surface area contributed by atoms with E-state index in [1.165, 1.54) is 19.1 Å². The molecule has 3 amide bonds. The smallest absolute Gasteiger partial charge is 0.318 e. The van der Waals surface area contributed by atoms with Gasteiger partial charge in [0.1, 0.15) is 5.25 Å². The van der Waals surface area contributed by atoms with Crippen LogP contribution in [0.1, 0.15) is 6.92 Å². The predicted molar refractivity (Wildman–Crippen MR) is 69.5 cm³/mol. The van der Waals surface area contributed by atoms with Crippen LogP contribution in [-0.4, -0.2) is 21.4 Å². The number of carbonyl (C=O) groups is 2. The number of nitrogens with one attached hydrogen (secondary N) is 1. The molecule has 0 aliphatic rings. The maximum Gasteiger partial charge on any atom is 0.318 e. The summed E-state index contributed by atoms with van der Waals surface area (Å²) in [6, 6.07) is 3.64. The third-order valence-electron chi connectivity index (χ3n) is 2.14. The first-order valence-electron chi connectivity index (χ1n) is 4.89. The minimum Gasteiger partial charge on any atom is -0.398 e. The van der Waals surface area contributed by atoms with Gasteiger partial charge >= 0.3 is 6.03 Å². The minimum absolute atomic E-state index is 0.172. The molecule has 0 fully saturated rings. The van der Waals surface area contributed by atoms with Crippen molar-refractivity contribution in [3.05, 3.63) is 23.2 Å². The first kappa shape index (κ1) is 14.5. The number of halogens is 1. The lowest BCUT2D eigenvalue weighted by Gasteiger charge is -2.13. The zero-order chi connectivity index (χ0) is 13.9. The standard InChI is InChI=1S/C10H12ClN3O3S/c1-5(9(15)14-10(13)16)18(17)8-6(11)3-2-4-7(8)12/h2-5H,12H2,1H3,(H3,13,14,15,16). The lowest BCUT2D eigenvalue weighted by Crippen LogP contribution is -2.42. The normalized spacial score (nSPS) is 13.7. The number of hydrogen-bond donors (Lipinski definition) is 3. The van der Waals surface area contributed by atoms with E-state index in [1.807, 2.05) is 5.32 Å². The van der Waals surface area contributed by atoms with E-state index in [9.17, 15) is 13.8 Å². The first-order chi connectivity index (χ1) is 8.34. The van der Waals surface area contributed by atoms with Gasteiger partial charge in [-0.3, -0.25) is 14.3 Å². The molecule has 0 aliphatic heterocycles. The average Bonchev–Trinajstić information content (AvgIpc) is 2.26. The fourth-order valence-electron chi connectivity index (χ4n) is 1.23. The monoisotopic (exact) mass is 289 g/mol. The number of carbonyl (C=O) groups excluding carboxylic acids is 2. The predicted octanol–water partition coefficient (Wildman–Crippen LogP) is 0.613. The SMILES string of the molecule is CC(C(=O)NC(N)=O)S(=O)c1c(N)cccc1Cl. The van der Waals surface area contributed by atoms with Gasteiger partial charge in [-0.15, -0.1) is 0 Å². The van der Waals surface area contributed by atoms with Crippen molar-refractivity contribution >= 4 is 40.0 Å². The van der Waals surface area contributed by atoms with E-state index in [-0.39, 0.29) is 15.6 Å². The Morgan fingerprint density at radius 3 is 2.56 bits per heavy atom. The molecule has 2 atom stereocenters. The quantitative estimate of drug-likeness (QED) is 0.707. The molecule has 6 nitrogen and oxygen atoms in total. The van der Waals surface area contributed by atoms with Crippen LogP contribution in [0.15, 0.2) is 23.1 Å². The zero-order valence-electron chi connectivity index (χ0n) is 9.48. The van der Waals surface area contributed by atoms with Crippen molar-refractivity contribution in [3.8, 4) is 0 Å². The van der Waals surface area contributed by atoms with E-state index in [1.54, 1.807) is 6.07 Å². The highest BCUT2D eigenvalue weighted by atomic mass is 35.5. The summed E-state index contributed by atoms with van der Waals surface area (Å²) in [5, 5.41) is 1.06. The van der Waals surface area contributed by atoms with Gasteiger partial charge in [-0.1, -0.05) is 17.7 Å². The number of nitrogen functional groups attached to an aromatic ring is 1. The number of nitrogens with two attached hydrogens (primary N) is 2. The fraction of sp³-hybridized carbons (Fsp3) is 0.200. The van der Waals surface area contributed by atoms with Crippen molar-refractivity contribution in [2.75, 3.05) is 5.73 Å². The van der Waals surface area contributed by atoms with E-state index in [4.69, 9.17) is 23.1 Å². The Kier molecular flexibility index (Phi) is 4.69. The van der Waals surface area contributed by atoms with Gasteiger partial charge in [0, 0.05) is 5.69 Å². The van der Waals surface area contributed by atoms with Crippen LogP contribution < -0.4 is 16.8 Å². The number of anilines is 1. The van der Waals surface area contributed by atoms with Crippen molar-refractivity contribution in [1.29, 1.82) is 0 Å². The Bertz CT molecular complexity index is 501. The molecule has 98 valence electrons. The van der Waals surface area contributed by atoms with Crippen molar-refractivity contribution in [2.45, 2.75) is 17.1 Å². The Labute approximate surface area is 111 Å². The summed E-state index contributed by atoms with van der Waals surface area (Å²) in [7, 11) is -1.77. The molecule has 8 heteroatoms. The highest BCUT2D eigenvalue weighted by Crippen LogP contribution is 2.27. The zero-order valence-corrected chi connectivity index (χ0v) is 11.0. The molecule has 1 aromatic carbocycles. The summed E-state index contributed by atoms with van der Waals surface area (Å²) < 4.78 is 12.1. The highest BCUT2D eigenvalue weighted by Gasteiger charge is 2.25. The number of urea groups is 1. The second-order valence-electron chi connectivity index (χ2n) is 3.45. The molecule has 0 saturated heterocycles. The molecule has 5 N–H and O–H groups in total. The molecular weight excluding hydrogens is 278 g/mol. The van der Waals surface area contributed by atoms with Crippen molar-refractivity contribution < 1.29 is 13.8 Å². The summed E-state index contributed by atoms with van der Waals surface area (Å²) in [6.45, 7) is 1.39. The van der Waals surface area contributed by atoms with Crippen LogP contribution in [-0.2, 0) is 15.6 Å². The largest absolute Gasteiger partial charge is 0.398 e. The molecule has 18 heavy (non-hydrogen) atoms. The molecule has 0 aliphatic carbocycles. The topological polar surface area (TPSA) is 115 Å². The molecule has 0 bridgehead atoms. The van der Waals surface area contributed by atoms with Gasteiger partial charge in [0.15, 0.2) is 0 Å². The lowest BCUT2D eigenvalue weighted by molar-refractivity contribution is -0.119. The molecule has 2 unspecified atom stereocenters. The number of rotatable bonds is 3. The average molecular weight is 290 g/mol. The molecule has 0 saturated carbocycles. The van der Waals surface area contributed by atoms with Gasteiger partial charge in [0.2, 0.25) is 5.91 Å². The van der Waals surface area contributed by atoms with Gasteiger partial charge in [-0.05, 0) is 19.1 Å². The molecule has 0 aromatic heterocycles. The van der Waals surface area contributed by atoms with Gasteiger partial charge in [0.25, 0.3) is 0 Å². The second-order valence-corrected chi connectivity index (χ2v) is 5.57. The number of amides is 3. The third-order valence-corrected chi connectivity index (χ3v) is 4.28. The molecule has 1 aromatic rings. The first-order valence-corrected chi connectivity index (χ1v) is 6.48. The summed E-state index contributed by atoms with van der Waals surface area (Å²) in [4.78, 5) is 22.2. The van der Waals surface area contributed by atoms with Crippen LogP contribution in [0, 0.1) is 0 Å². The van der Waals surface area contributed by atoms with E-state index in [2.05, 4.69) is 0 Å².